The van der Waals surface area contributed by atoms with Crippen molar-refractivity contribution in [3.05, 3.63) is 30.5 Å². The molecule has 3 rings (SSSR count). The predicted molar refractivity (Wildman–Crippen MR) is 85.3 cm³/mol. The zero-order valence-corrected chi connectivity index (χ0v) is 13.0. The summed E-state index contributed by atoms with van der Waals surface area (Å²) in [5, 5.41) is 11.8. The molecule has 2 heterocycles. The van der Waals surface area contributed by atoms with Gasteiger partial charge in [0, 0.05) is 24.7 Å². The van der Waals surface area contributed by atoms with Crippen molar-refractivity contribution in [1.29, 1.82) is 0 Å². The molecule has 0 bridgehead atoms. The second-order valence-electron chi connectivity index (χ2n) is 6.07. The Morgan fingerprint density at radius 2 is 2.24 bits per heavy atom. The fourth-order valence-corrected chi connectivity index (χ4v) is 3.09. The van der Waals surface area contributed by atoms with Crippen molar-refractivity contribution in [3.63, 3.8) is 0 Å². The van der Waals surface area contributed by atoms with Crippen LogP contribution in [0.5, 0.6) is 5.75 Å². The van der Waals surface area contributed by atoms with Gasteiger partial charge in [-0.2, -0.15) is 0 Å². The minimum absolute atomic E-state index is 0.0234. The zero-order valence-electron chi connectivity index (χ0n) is 12.2. The van der Waals surface area contributed by atoms with Crippen LogP contribution in [0, 0.1) is 0 Å². The fourth-order valence-electron chi connectivity index (χ4n) is 2.93. The number of fused-ring (bicyclic) bond motifs is 1. The average Bonchev–Trinajstić information content (AvgIpc) is 2.44. The van der Waals surface area contributed by atoms with E-state index in [2.05, 4.69) is 23.7 Å². The lowest BCUT2D eigenvalue weighted by Gasteiger charge is -2.43. The Labute approximate surface area is 129 Å². The molecule has 1 unspecified atom stereocenters. The zero-order chi connectivity index (χ0) is 15.0. The van der Waals surface area contributed by atoms with Gasteiger partial charge in [0.1, 0.15) is 11.6 Å². The predicted octanol–water partition coefficient (Wildman–Crippen LogP) is 3.16. The molecule has 21 heavy (non-hydrogen) atoms. The van der Waals surface area contributed by atoms with Gasteiger partial charge in [0.2, 0.25) is 0 Å². The minimum atomic E-state index is -0.279. The van der Waals surface area contributed by atoms with Gasteiger partial charge in [0.25, 0.3) is 0 Å². The number of phenols is 1. The van der Waals surface area contributed by atoms with Crippen molar-refractivity contribution in [2.75, 3.05) is 23.9 Å². The maximum Gasteiger partial charge on any atom is 0.136 e. The molecular formula is C16H19ClN2O2. The van der Waals surface area contributed by atoms with Crippen LogP contribution in [0.1, 0.15) is 13.8 Å². The number of pyridine rings is 1. The van der Waals surface area contributed by atoms with E-state index in [0.29, 0.717) is 12.4 Å². The summed E-state index contributed by atoms with van der Waals surface area (Å²) in [6.07, 6.45) is 1.78. The molecule has 112 valence electrons. The summed E-state index contributed by atoms with van der Waals surface area (Å²) < 4.78 is 5.96. The number of phenolic OH excluding ortho intramolecular Hbond substituents is 1. The van der Waals surface area contributed by atoms with E-state index in [1.807, 2.05) is 12.1 Å². The fraction of sp³-hybridized carbons (Fsp3) is 0.438. The van der Waals surface area contributed by atoms with Gasteiger partial charge in [-0.05, 0) is 37.4 Å². The summed E-state index contributed by atoms with van der Waals surface area (Å²) in [7, 11) is 0. The largest absolute Gasteiger partial charge is 0.508 e. The summed E-state index contributed by atoms with van der Waals surface area (Å²) in [5.74, 6) is 1.57. The molecule has 1 saturated heterocycles. The number of alkyl halides is 1. The smallest absolute Gasteiger partial charge is 0.136 e. The second-order valence-corrected chi connectivity index (χ2v) is 6.38. The summed E-state index contributed by atoms with van der Waals surface area (Å²) >= 11 is 5.99. The van der Waals surface area contributed by atoms with Gasteiger partial charge >= 0.3 is 0 Å². The number of morpholine rings is 1. The summed E-state index contributed by atoms with van der Waals surface area (Å²) in [6.45, 7) is 5.56. The molecule has 1 aromatic heterocycles. The third kappa shape index (κ3) is 2.92. The van der Waals surface area contributed by atoms with E-state index < -0.39 is 0 Å². The number of anilines is 1. The maximum absolute atomic E-state index is 9.76. The molecule has 1 aliphatic rings. The molecule has 0 spiro atoms. The van der Waals surface area contributed by atoms with Crippen LogP contribution in [0.15, 0.2) is 30.5 Å². The number of hydrogen-bond donors (Lipinski definition) is 1. The van der Waals surface area contributed by atoms with Gasteiger partial charge in [0.15, 0.2) is 0 Å². The second kappa shape index (κ2) is 5.35. The third-order valence-corrected chi connectivity index (χ3v) is 4.03. The van der Waals surface area contributed by atoms with Gasteiger partial charge in [0.05, 0.1) is 17.6 Å². The molecular weight excluding hydrogens is 288 g/mol. The van der Waals surface area contributed by atoms with Gasteiger partial charge < -0.3 is 14.7 Å². The number of benzene rings is 1. The van der Waals surface area contributed by atoms with E-state index in [1.165, 1.54) is 0 Å². The number of ether oxygens (including phenoxy) is 1. The highest BCUT2D eigenvalue weighted by molar-refractivity contribution is 6.18. The molecule has 0 aliphatic carbocycles. The van der Waals surface area contributed by atoms with E-state index in [9.17, 15) is 5.11 Å². The lowest BCUT2D eigenvalue weighted by atomic mass is 10.0. The van der Waals surface area contributed by atoms with E-state index in [0.717, 1.165) is 23.1 Å². The highest BCUT2D eigenvalue weighted by atomic mass is 35.5. The van der Waals surface area contributed by atoms with Crippen LogP contribution in [0.4, 0.5) is 5.82 Å². The van der Waals surface area contributed by atoms with Crippen molar-refractivity contribution in [1.82, 2.24) is 4.98 Å². The van der Waals surface area contributed by atoms with Crippen LogP contribution in [0.3, 0.4) is 0 Å². The lowest BCUT2D eigenvalue weighted by molar-refractivity contribution is -0.0735. The summed E-state index contributed by atoms with van der Waals surface area (Å²) in [6, 6.07) is 7.30. The van der Waals surface area contributed by atoms with Crippen molar-refractivity contribution in [2.24, 2.45) is 0 Å². The van der Waals surface area contributed by atoms with Crippen molar-refractivity contribution >= 4 is 28.2 Å². The van der Waals surface area contributed by atoms with E-state index in [-0.39, 0.29) is 17.5 Å². The maximum atomic E-state index is 9.76. The summed E-state index contributed by atoms with van der Waals surface area (Å²) in [5.41, 5.74) is -0.279. The molecule has 0 saturated carbocycles. The van der Waals surface area contributed by atoms with Crippen LogP contribution < -0.4 is 4.90 Å². The minimum Gasteiger partial charge on any atom is -0.508 e. The summed E-state index contributed by atoms with van der Waals surface area (Å²) in [4.78, 5) is 6.71. The Hall–Kier alpha value is -1.52. The monoisotopic (exact) mass is 306 g/mol. The molecule has 5 heteroatoms. The third-order valence-electron chi connectivity index (χ3n) is 3.68. The number of nitrogens with zero attached hydrogens (tertiary/aromatic N) is 2. The number of aromatic hydroxyl groups is 1. The molecule has 1 N–H and O–H groups in total. The Balaban J connectivity index is 2.05. The first kappa shape index (κ1) is 14.4. The van der Waals surface area contributed by atoms with Crippen LogP contribution in [0.25, 0.3) is 10.8 Å². The van der Waals surface area contributed by atoms with Gasteiger partial charge in [-0.3, -0.25) is 0 Å². The first-order chi connectivity index (χ1) is 9.98. The molecule has 1 atom stereocenters. The van der Waals surface area contributed by atoms with Crippen molar-refractivity contribution in [3.8, 4) is 5.75 Å². The highest BCUT2D eigenvalue weighted by Gasteiger charge is 2.34. The Bertz CT molecular complexity index is 660. The Morgan fingerprint density at radius 1 is 1.43 bits per heavy atom. The molecule has 1 aliphatic heterocycles. The molecule has 0 amide bonds. The lowest BCUT2D eigenvalue weighted by Crippen LogP contribution is -2.53. The quantitative estimate of drug-likeness (QED) is 0.866. The topological polar surface area (TPSA) is 45.6 Å². The van der Waals surface area contributed by atoms with E-state index >= 15 is 0 Å². The molecule has 0 radical (unpaired) electrons. The van der Waals surface area contributed by atoms with E-state index in [4.69, 9.17) is 16.3 Å². The van der Waals surface area contributed by atoms with Crippen LogP contribution in [0.2, 0.25) is 0 Å². The van der Waals surface area contributed by atoms with Crippen molar-refractivity contribution < 1.29 is 9.84 Å². The van der Waals surface area contributed by atoms with Crippen LogP contribution in [-0.2, 0) is 4.74 Å². The Kier molecular flexibility index (Phi) is 3.68. The normalized spacial score (nSPS) is 21.7. The SMILES string of the molecule is CC1(C)CN(c2nccc3ccc(O)cc23)CC(CCl)O1. The molecule has 1 aromatic carbocycles. The van der Waals surface area contributed by atoms with Gasteiger partial charge in [-0.25, -0.2) is 4.98 Å². The number of rotatable bonds is 2. The van der Waals surface area contributed by atoms with Crippen molar-refractivity contribution in [2.45, 2.75) is 25.6 Å². The number of aromatic nitrogens is 1. The van der Waals surface area contributed by atoms with Gasteiger partial charge in [-0.1, -0.05) is 6.07 Å². The molecule has 2 aromatic rings. The highest BCUT2D eigenvalue weighted by Crippen LogP contribution is 2.31. The van der Waals surface area contributed by atoms with Gasteiger partial charge in [-0.15, -0.1) is 11.6 Å². The average molecular weight is 307 g/mol. The number of halogens is 1. The first-order valence-electron chi connectivity index (χ1n) is 7.05. The number of hydrogen-bond acceptors (Lipinski definition) is 4. The van der Waals surface area contributed by atoms with Crippen LogP contribution in [-0.4, -0.2) is 40.8 Å². The molecule has 4 nitrogen and oxygen atoms in total. The van der Waals surface area contributed by atoms with Crippen LogP contribution >= 0.6 is 11.6 Å². The first-order valence-corrected chi connectivity index (χ1v) is 7.58. The standard InChI is InChI=1S/C16H19ClN2O2/c1-16(2)10-19(9-13(8-17)21-16)15-14-7-12(20)4-3-11(14)5-6-18-15/h3-7,13,20H,8-10H2,1-2H3. The Morgan fingerprint density at radius 3 is 3.00 bits per heavy atom. The molecule has 1 fully saturated rings. The van der Waals surface area contributed by atoms with E-state index in [1.54, 1.807) is 18.3 Å².